The van der Waals surface area contributed by atoms with Gasteiger partial charge in [-0.05, 0) is 67.1 Å². The lowest BCUT2D eigenvalue weighted by Crippen LogP contribution is -2.36. The minimum absolute atomic E-state index is 0.0594. The molecule has 166 valence electrons. The number of nitrogens with zero attached hydrogens (tertiary/aromatic N) is 2. The number of methoxy groups -OCH3 is 1. The van der Waals surface area contributed by atoms with E-state index in [1.54, 1.807) is 7.11 Å². The van der Waals surface area contributed by atoms with Crippen LogP contribution in [0.5, 0.6) is 5.75 Å². The van der Waals surface area contributed by atoms with Gasteiger partial charge in [0.25, 0.3) is 0 Å². The zero-order valence-electron chi connectivity index (χ0n) is 18.5. The molecule has 0 radical (unpaired) electrons. The van der Waals surface area contributed by atoms with Gasteiger partial charge in [0, 0.05) is 18.5 Å². The molecule has 1 aromatic heterocycles. The first kappa shape index (κ1) is 20.8. The van der Waals surface area contributed by atoms with Crippen molar-refractivity contribution < 1.29 is 9.53 Å². The molecule has 2 aromatic carbocycles. The van der Waals surface area contributed by atoms with E-state index in [9.17, 15) is 4.79 Å². The van der Waals surface area contributed by atoms with E-state index in [-0.39, 0.29) is 5.91 Å². The number of aromatic nitrogens is 2. The van der Waals surface area contributed by atoms with E-state index in [0.717, 1.165) is 36.4 Å². The topological polar surface area (TPSA) is 70.2 Å². The molecule has 1 amide bonds. The Labute approximate surface area is 189 Å². The molecule has 32 heavy (non-hydrogen) atoms. The fourth-order valence-electron chi connectivity index (χ4n) is 4.61. The van der Waals surface area contributed by atoms with E-state index in [1.165, 1.54) is 30.6 Å². The molecule has 2 heterocycles. The van der Waals surface area contributed by atoms with Crippen LogP contribution in [0.4, 0.5) is 5.82 Å². The van der Waals surface area contributed by atoms with Gasteiger partial charge in [-0.3, -0.25) is 14.8 Å². The molecule has 0 bridgehead atoms. The summed E-state index contributed by atoms with van der Waals surface area (Å²) in [5.41, 5.74) is 4.86. The molecule has 1 saturated carbocycles. The third-order valence-electron chi connectivity index (χ3n) is 6.73. The van der Waals surface area contributed by atoms with Gasteiger partial charge in [-0.2, -0.15) is 5.10 Å². The Kier molecular flexibility index (Phi) is 5.95. The second kappa shape index (κ2) is 9.17. The number of H-pyrrole nitrogens is 1. The summed E-state index contributed by atoms with van der Waals surface area (Å²) in [6, 6.07) is 18.6. The van der Waals surface area contributed by atoms with Gasteiger partial charge < -0.3 is 10.1 Å². The molecule has 6 nitrogen and oxygen atoms in total. The monoisotopic (exact) mass is 430 g/mol. The summed E-state index contributed by atoms with van der Waals surface area (Å²) in [4.78, 5) is 14.9. The van der Waals surface area contributed by atoms with E-state index in [1.807, 2.05) is 30.3 Å². The quantitative estimate of drug-likeness (QED) is 0.553. The predicted octanol–water partition coefficient (Wildman–Crippen LogP) is 4.47. The first-order valence-electron chi connectivity index (χ1n) is 11.5. The lowest BCUT2D eigenvalue weighted by Gasteiger charge is -2.35. The molecule has 1 aliphatic heterocycles. The van der Waals surface area contributed by atoms with Gasteiger partial charge in [0.05, 0.1) is 19.2 Å². The minimum atomic E-state index is -0.0594. The second-order valence-electron chi connectivity index (χ2n) is 9.02. The van der Waals surface area contributed by atoms with Crippen molar-refractivity contribution >= 4 is 11.7 Å². The van der Waals surface area contributed by atoms with Gasteiger partial charge in [0.2, 0.25) is 5.91 Å². The number of carbonyl (C=O) groups excluding carboxylic acids is 1. The summed E-state index contributed by atoms with van der Waals surface area (Å²) < 4.78 is 5.16. The van der Waals surface area contributed by atoms with Crippen molar-refractivity contribution in [3.63, 3.8) is 0 Å². The average molecular weight is 431 g/mol. The van der Waals surface area contributed by atoms with Crippen LogP contribution in [-0.4, -0.2) is 41.2 Å². The number of nitrogens with one attached hydrogen (secondary N) is 2. The Balaban J connectivity index is 1.12. The highest BCUT2D eigenvalue weighted by molar-refractivity contribution is 5.91. The van der Waals surface area contributed by atoms with Crippen LogP contribution in [0.15, 0.2) is 54.6 Å². The molecule has 3 aromatic rings. The summed E-state index contributed by atoms with van der Waals surface area (Å²) in [5.74, 6) is 2.44. The lowest BCUT2D eigenvalue weighted by molar-refractivity contribution is -0.115. The van der Waals surface area contributed by atoms with Crippen molar-refractivity contribution in [2.24, 2.45) is 0 Å². The highest BCUT2D eigenvalue weighted by Gasteiger charge is 2.33. The number of amides is 1. The maximum Gasteiger partial charge on any atom is 0.229 e. The van der Waals surface area contributed by atoms with Gasteiger partial charge in [0.15, 0.2) is 0 Å². The van der Waals surface area contributed by atoms with Gasteiger partial charge in [0.1, 0.15) is 11.6 Å². The molecule has 6 heteroatoms. The smallest absolute Gasteiger partial charge is 0.229 e. The fourth-order valence-corrected chi connectivity index (χ4v) is 4.61. The average Bonchev–Trinajstić information content (AvgIpc) is 3.18. The van der Waals surface area contributed by atoms with Crippen molar-refractivity contribution in [3.8, 4) is 5.75 Å². The van der Waals surface area contributed by atoms with Crippen molar-refractivity contribution in [2.75, 3.05) is 25.5 Å². The highest BCUT2D eigenvalue weighted by Crippen LogP contribution is 2.47. The SMILES string of the molecule is COc1ccc(CC(=O)Nc2cc(C3CC(c4cccc(CN5CCC5)c4)C3)n[nH]2)cc1. The number of ether oxygens (including phenoxy) is 1. The van der Waals surface area contributed by atoms with E-state index in [2.05, 4.69) is 44.7 Å². The number of benzene rings is 2. The van der Waals surface area contributed by atoms with Crippen LogP contribution >= 0.6 is 0 Å². The number of carbonyl (C=O) groups is 1. The van der Waals surface area contributed by atoms with Crippen LogP contribution in [-0.2, 0) is 17.8 Å². The van der Waals surface area contributed by atoms with E-state index in [0.29, 0.717) is 24.1 Å². The third-order valence-corrected chi connectivity index (χ3v) is 6.73. The molecule has 2 fully saturated rings. The van der Waals surface area contributed by atoms with E-state index >= 15 is 0 Å². The van der Waals surface area contributed by atoms with E-state index < -0.39 is 0 Å². The predicted molar refractivity (Wildman–Crippen MR) is 125 cm³/mol. The van der Waals surface area contributed by atoms with Gasteiger partial charge in [-0.25, -0.2) is 0 Å². The zero-order valence-corrected chi connectivity index (χ0v) is 18.5. The molecule has 0 unspecified atom stereocenters. The maximum atomic E-state index is 12.4. The normalized spacial score (nSPS) is 20.3. The van der Waals surface area contributed by atoms with Crippen molar-refractivity contribution in [3.05, 3.63) is 77.0 Å². The van der Waals surface area contributed by atoms with Gasteiger partial charge in [-0.15, -0.1) is 0 Å². The lowest BCUT2D eigenvalue weighted by atomic mass is 9.70. The van der Waals surface area contributed by atoms with Crippen molar-refractivity contribution in [1.29, 1.82) is 0 Å². The molecule has 5 rings (SSSR count). The molecular formula is C26H30N4O2. The summed E-state index contributed by atoms with van der Waals surface area (Å²) in [7, 11) is 1.63. The van der Waals surface area contributed by atoms with Crippen LogP contribution in [0.1, 0.15) is 53.5 Å². The standard InChI is InChI=1S/C26H30N4O2/c1-32-23-8-6-18(7-9-23)13-26(31)27-25-16-24(28-29-25)22-14-21(15-22)20-5-2-4-19(12-20)17-30-10-3-11-30/h2,4-9,12,16,21-22H,3,10-11,13-15,17H2,1H3,(H2,27,28,29,31). The first-order valence-corrected chi connectivity index (χ1v) is 11.5. The van der Waals surface area contributed by atoms with E-state index in [4.69, 9.17) is 4.74 Å². The molecule has 2 aliphatic rings. The second-order valence-corrected chi connectivity index (χ2v) is 9.02. The van der Waals surface area contributed by atoms with Gasteiger partial charge >= 0.3 is 0 Å². The Morgan fingerprint density at radius 2 is 1.91 bits per heavy atom. The van der Waals surface area contributed by atoms with Crippen LogP contribution in [0.25, 0.3) is 0 Å². The molecule has 0 atom stereocenters. The Morgan fingerprint density at radius 3 is 2.62 bits per heavy atom. The van der Waals surface area contributed by atoms with Crippen LogP contribution < -0.4 is 10.1 Å². The first-order chi connectivity index (χ1) is 15.7. The third kappa shape index (κ3) is 4.70. The molecule has 2 N–H and O–H groups in total. The largest absolute Gasteiger partial charge is 0.497 e. The number of hydrogen-bond donors (Lipinski definition) is 2. The number of likely N-dealkylation sites (tertiary alicyclic amines) is 1. The summed E-state index contributed by atoms with van der Waals surface area (Å²) in [5, 5.41) is 10.4. The number of rotatable bonds is 8. The molecule has 0 spiro atoms. The highest BCUT2D eigenvalue weighted by atomic mass is 16.5. The Morgan fingerprint density at radius 1 is 1.09 bits per heavy atom. The maximum absolute atomic E-state index is 12.4. The Bertz CT molecular complexity index is 1070. The van der Waals surface area contributed by atoms with Crippen LogP contribution in [0, 0.1) is 0 Å². The number of aromatic amines is 1. The van der Waals surface area contributed by atoms with Crippen LogP contribution in [0.3, 0.4) is 0 Å². The Hall–Kier alpha value is -3.12. The van der Waals surface area contributed by atoms with Crippen molar-refractivity contribution in [1.82, 2.24) is 15.1 Å². The number of hydrogen-bond acceptors (Lipinski definition) is 4. The fraction of sp³-hybridized carbons (Fsp3) is 0.385. The van der Waals surface area contributed by atoms with Crippen molar-refractivity contribution in [2.45, 2.75) is 44.1 Å². The summed E-state index contributed by atoms with van der Waals surface area (Å²) >= 11 is 0. The molecule has 1 saturated heterocycles. The summed E-state index contributed by atoms with van der Waals surface area (Å²) in [6.07, 6.45) is 3.86. The molecule has 1 aliphatic carbocycles. The molecular weight excluding hydrogens is 400 g/mol. The minimum Gasteiger partial charge on any atom is -0.497 e. The zero-order chi connectivity index (χ0) is 21.9. The number of anilines is 1. The van der Waals surface area contributed by atoms with Crippen LogP contribution in [0.2, 0.25) is 0 Å². The van der Waals surface area contributed by atoms with Gasteiger partial charge in [-0.1, -0.05) is 36.4 Å². The summed E-state index contributed by atoms with van der Waals surface area (Å²) in [6.45, 7) is 3.53.